The molecule has 0 aromatic carbocycles. The lowest BCUT2D eigenvalue weighted by Gasteiger charge is -2.17. The Morgan fingerprint density at radius 2 is 2.07 bits per heavy atom. The van der Waals surface area contributed by atoms with Gasteiger partial charge in [0.25, 0.3) is 0 Å². The molecule has 0 amide bonds. The number of rotatable bonds is 3. The highest BCUT2D eigenvalue weighted by molar-refractivity contribution is 7.91. The largest absolute Gasteiger partial charge is 0.476 e. The van der Waals surface area contributed by atoms with Crippen LogP contribution in [0, 0.1) is 0 Å². The zero-order chi connectivity index (χ0) is 11.9. The third-order valence-electron chi connectivity index (χ3n) is 2.17. The van der Waals surface area contributed by atoms with E-state index in [1.54, 1.807) is 0 Å². The molecule has 0 spiro atoms. The van der Waals surface area contributed by atoms with Crippen molar-refractivity contribution in [3.8, 4) is 0 Å². The summed E-state index contributed by atoms with van der Waals surface area (Å²) < 4.78 is 26.3. The van der Waals surface area contributed by atoms with Gasteiger partial charge in [-0.25, -0.2) is 18.2 Å². The van der Waals surface area contributed by atoms with Crippen LogP contribution in [0.3, 0.4) is 0 Å². The van der Waals surface area contributed by atoms with E-state index in [-0.39, 0.29) is 11.6 Å². The molecular formula is C8H11NO5S. The number of carboxylic acids is 1. The second kappa shape index (κ2) is 3.34. The number of hydrogen-bond donors (Lipinski definition) is 1. The van der Waals surface area contributed by atoms with E-state index in [1.165, 1.54) is 13.8 Å². The SMILES string of the molecule is CC(C)(c1nc(C(=O)O)co1)S(C)(=O)=O. The molecule has 0 aliphatic heterocycles. The van der Waals surface area contributed by atoms with Gasteiger partial charge in [-0.05, 0) is 13.8 Å². The van der Waals surface area contributed by atoms with E-state index < -0.39 is 20.6 Å². The standard InChI is InChI=1S/C8H11NO5S/c1-8(2,15(3,12)13)7-9-5(4-14-7)6(10)11/h4H,1-3H3,(H,10,11). The second-order valence-electron chi connectivity index (χ2n) is 3.63. The van der Waals surface area contributed by atoms with Crippen molar-refractivity contribution in [2.75, 3.05) is 6.26 Å². The fourth-order valence-corrected chi connectivity index (χ4v) is 1.22. The first-order valence-corrected chi connectivity index (χ1v) is 5.94. The molecule has 1 aromatic heterocycles. The van der Waals surface area contributed by atoms with Crippen LogP contribution < -0.4 is 0 Å². The van der Waals surface area contributed by atoms with E-state index in [0.717, 1.165) is 12.5 Å². The van der Waals surface area contributed by atoms with Gasteiger partial charge in [0.05, 0.1) is 0 Å². The van der Waals surface area contributed by atoms with E-state index in [2.05, 4.69) is 4.98 Å². The molecule has 0 bridgehead atoms. The van der Waals surface area contributed by atoms with Crippen molar-refractivity contribution in [1.29, 1.82) is 0 Å². The van der Waals surface area contributed by atoms with Gasteiger partial charge in [-0.1, -0.05) is 0 Å². The Hall–Kier alpha value is -1.37. The molecule has 84 valence electrons. The van der Waals surface area contributed by atoms with Crippen LogP contribution in [0.4, 0.5) is 0 Å². The van der Waals surface area contributed by atoms with Crippen molar-refractivity contribution in [2.45, 2.75) is 18.6 Å². The van der Waals surface area contributed by atoms with Crippen LogP contribution in [0.15, 0.2) is 10.7 Å². The highest BCUT2D eigenvalue weighted by Crippen LogP contribution is 2.27. The van der Waals surface area contributed by atoms with Gasteiger partial charge in [-0.15, -0.1) is 0 Å². The van der Waals surface area contributed by atoms with Crippen molar-refractivity contribution in [2.24, 2.45) is 0 Å². The van der Waals surface area contributed by atoms with Crippen molar-refractivity contribution in [3.63, 3.8) is 0 Å². The molecule has 0 fully saturated rings. The number of aromatic carboxylic acids is 1. The van der Waals surface area contributed by atoms with Crippen LogP contribution in [0.1, 0.15) is 30.2 Å². The first kappa shape index (κ1) is 11.7. The van der Waals surface area contributed by atoms with Gasteiger partial charge in [0.15, 0.2) is 15.5 Å². The highest BCUT2D eigenvalue weighted by Gasteiger charge is 2.37. The third kappa shape index (κ3) is 2.01. The molecule has 0 radical (unpaired) electrons. The Labute approximate surface area is 86.9 Å². The number of sulfone groups is 1. The normalized spacial score (nSPS) is 12.7. The molecule has 0 saturated heterocycles. The maximum Gasteiger partial charge on any atom is 0.357 e. The Bertz CT molecular complexity index is 485. The molecule has 0 atom stereocenters. The number of carboxylic acid groups (broad SMARTS) is 1. The summed E-state index contributed by atoms with van der Waals surface area (Å²) in [7, 11) is -3.42. The quantitative estimate of drug-likeness (QED) is 0.823. The average Bonchev–Trinajstić information content (AvgIpc) is 2.49. The lowest BCUT2D eigenvalue weighted by Crippen LogP contribution is -2.28. The Morgan fingerprint density at radius 1 is 1.53 bits per heavy atom. The van der Waals surface area contributed by atoms with Crippen molar-refractivity contribution in [1.82, 2.24) is 4.98 Å². The first-order chi connectivity index (χ1) is 6.66. The maximum absolute atomic E-state index is 11.4. The van der Waals surface area contributed by atoms with E-state index in [0.29, 0.717) is 0 Å². The summed E-state index contributed by atoms with van der Waals surface area (Å²) in [6, 6.07) is 0. The van der Waals surface area contributed by atoms with Gasteiger partial charge < -0.3 is 9.52 Å². The Balaban J connectivity index is 3.23. The zero-order valence-electron chi connectivity index (χ0n) is 8.51. The lowest BCUT2D eigenvalue weighted by molar-refractivity contribution is 0.0690. The molecule has 1 heterocycles. The van der Waals surface area contributed by atoms with Gasteiger partial charge in [0.2, 0.25) is 5.89 Å². The molecule has 0 unspecified atom stereocenters. The minimum Gasteiger partial charge on any atom is -0.476 e. The molecule has 7 heteroatoms. The van der Waals surface area contributed by atoms with E-state index >= 15 is 0 Å². The van der Waals surface area contributed by atoms with E-state index in [4.69, 9.17) is 9.52 Å². The Kier molecular flexibility index (Phi) is 2.60. The van der Waals surface area contributed by atoms with Gasteiger partial charge >= 0.3 is 5.97 Å². The van der Waals surface area contributed by atoms with Crippen molar-refractivity contribution in [3.05, 3.63) is 17.8 Å². The minimum absolute atomic E-state index is 0.123. The number of carbonyl (C=O) groups is 1. The van der Waals surface area contributed by atoms with Crippen LogP contribution in [-0.4, -0.2) is 30.7 Å². The van der Waals surface area contributed by atoms with Crippen LogP contribution in [0.25, 0.3) is 0 Å². The molecule has 1 N–H and O–H groups in total. The smallest absolute Gasteiger partial charge is 0.357 e. The number of oxazole rings is 1. The summed E-state index contributed by atoms with van der Waals surface area (Å²) in [6.45, 7) is 2.81. The summed E-state index contributed by atoms with van der Waals surface area (Å²) in [5.41, 5.74) is -0.304. The van der Waals surface area contributed by atoms with Gasteiger partial charge in [0.1, 0.15) is 11.0 Å². The van der Waals surface area contributed by atoms with Crippen LogP contribution >= 0.6 is 0 Å². The fraction of sp³-hybridized carbons (Fsp3) is 0.500. The number of hydrogen-bond acceptors (Lipinski definition) is 5. The Morgan fingerprint density at radius 3 is 2.40 bits per heavy atom. The van der Waals surface area contributed by atoms with Gasteiger partial charge in [-0.2, -0.15) is 0 Å². The summed E-state index contributed by atoms with van der Waals surface area (Å²) in [4.78, 5) is 14.1. The predicted octanol–water partition coefficient (Wildman–Crippen LogP) is 0.653. The third-order valence-corrected chi connectivity index (χ3v) is 4.19. The minimum atomic E-state index is -3.42. The molecule has 1 rings (SSSR count). The maximum atomic E-state index is 11.4. The molecule has 0 aliphatic rings. The zero-order valence-corrected chi connectivity index (χ0v) is 9.33. The molecule has 15 heavy (non-hydrogen) atoms. The summed E-state index contributed by atoms with van der Waals surface area (Å²) in [6.07, 6.45) is 1.96. The molecule has 1 aromatic rings. The van der Waals surface area contributed by atoms with Crippen molar-refractivity contribution >= 4 is 15.8 Å². The van der Waals surface area contributed by atoms with E-state index in [1.807, 2.05) is 0 Å². The van der Waals surface area contributed by atoms with Crippen LogP contribution in [0.2, 0.25) is 0 Å². The molecule has 0 aliphatic carbocycles. The van der Waals surface area contributed by atoms with E-state index in [9.17, 15) is 13.2 Å². The summed E-state index contributed by atoms with van der Waals surface area (Å²) in [5.74, 6) is -1.38. The van der Waals surface area contributed by atoms with Crippen molar-refractivity contribution < 1.29 is 22.7 Å². The monoisotopic (exact) mass is 233 g/mol. The number of nitrogens with zero attached hydrogens (tertiary/aromatic N) is 1. The second-order valence-corrected chi connectivity index (χ2v) is 6.19. The van der Waals surface area contributed by atoms with Crippen LogP contribution in [-0.2, 0) is 14.6 Å². The average molecular weight is 233 g/mol. The first-order valence-electron chi connectivity index (χ1n) is 4.05. The summed E-state index contributed by atoms with van der Waals surface area (Å²) >= 11 is 0. The molecule has 0 saturated carbocycles. The summed E-state index contributed by atoms with van der Waals surface area (Å²) in [5, 5.41) is 8.59. The van der Waals surface area contributed by atoms with Gasteiger partial charge in [0, 0.05) is 6.26 Å². The van der Waals surface area contributed by atoms with Crippen LogP contribution in [0.5, 0.6) is 0 Å². The lowest BCUT2D eigenvalue weighted by atomic mass is 10.2. The topological polar surface area (TPSA) is 97.5 Å². The van der Waals surface area contributed by atoms with Gasteiger partial charge in [-0.3, -0.25) is 0 Å². The predicted molar refractivity (Wildman–Crippen MR) is 51.3 cm³/mol. The number of aromatic nitrogens is 1. The highest BCUT2D eigenvalue weighted by atomic mass is 32.2. The molecule has 6 nitrogen and oxygen atoms in total. The molecular weight excluding hydrogens is 222 g/mol. The fourth-order valence-electron chi connectivity index (χ4n) is 0.807.